The molecular weight excluding hydrogens is 349 g/mol. The van der Waals surface area contributed by atoms with Crippen LogP contribution in [-0.4, -0.2) is 17.9 Å². The maximum absolute atomic E-state index is 12.7. The molecule has 2 rings (SSSR count). The predicted octanol–water partition coefficient (Wildman–Crippen LogP) is 4.22. The van der Waals surface area contributed by atoms with Crippen LogP contribution in [0.1, 0.15) is 17.0 Å². The highest BCUT2D eigenvalue weighted by molar-refractivity contribution is 9.10. The second-order valence-corrected chi connectivity index (χ2v) is 5.78. The van der Waals surface area contributed by atoms with Crippen LogP contribution < -0.4 is 0 Å². The lowest BCUT2D eigenvalue weighted by molar-refractivity contribution is -0.137. The number of carbonyl (C=O) groups is 1. The second-order valence-electron chi connectivity index (χ2n) is 4.60. The minimum atomic E-state index is -4.39. The number of aldehydes is 1. The first kappa shape index (κ1) is 16.0. The van der Waals surface area contributed by atoms with Crippen LogP contribution in [0.2, 0.25) is 0 Å². The summed E-state index contributed by atoms with van der Waals surface area (Å²) in [6.07, 6.45) is 1.13. The fourth-order valence-corrected chi connectivity index (χ4v) is 2.50. The molecule has 0 aliphatic heterocycles. The van der Waals surface area contributed by atoms with Gasteiger partial charge >= 0.3 is 6.18 Å². The Labute approximate surface area is 128 Å². The van der Waals surface area contributed by atoms with Gasteiger partial charge in [-0.15, -0.1) is 0 Å². The Balaban J connectivity index is 2.39. The first-order chi connectivity index (χ1) is 9.80. The van der Waals surface area contributed by atoms with Crippen molar-refractivity contribution in [1.82, 2.24) is 0 Å². The molecule has 2 atom stereocenters. The summed E-state index contributed by atoms with van der Waals surface area (Å²) in [7, 11) is 1.43. The minimum Gasteiger partial charge on any atom is -0.359 e. The topological polar surface area (TPSA) is 26.3 Å². The number of rotatable bonds is 3. The predicted molar refractivity (Wildman–Crippen MR) is 76.1 cm³/mol. The standard InChI is InChI=1S/C15H12BrF3O2/c1-21-14(16)6-5-11(8-13(14)9-20)10-3-2-4-12(7-10)15(17,18)19/h2-9,11H,1H3. The monoisotopic (exact) mass is 360 g/mol. The average Bonchev–Trinajstić information content (AvgIpc) is 2.47. The Kier molecular flexibility index (Phi) is 4.39. The van der Waals surface area contributed by atoms with E-state index in [2.05, 4.69) is 15.9 Å². The Bertz CT molecular complexity index is 607. The quantitative estimate of drug-likeness (QED) is 0.458. The Hall–Kier alpha value is -1.40. The smallest absolute Gasteiger partial charge is 0.359 e. The van der Waals surface area contributed by atoms with Crippen molar-refractivity contribution < 1.29 is 22.7 Å². The van der Waals surface area contributed by atoms with Crippen LogP contribution in [-0.2, 0) is 15.7 Å². The number of halogens is 4. The summed E-state index contributed by atoms with van der Waals surface area (Å²) in [5.41, 5.74) is 0.0675. The second kappa shape index (κ2) is 5.77. The summed E-state index contributed by atoms with van der Waals surface area (Å²) in [4.78, 5) is 11.1. The molecule has 0 fully saturated rings. The molecule has 0 heterocycles. The molecule has 21 heavy (non-hydrogen) atoms. The van der Waals surface area contributed by atoms with Crippen molar-refractivity contribution in [3.05, 3.63) is 59.2 Å². The highest BCUT2D eigenvalue weighted by Crippen LogP contribution is 2.38. The lowest BCUT2D eigenvalue weighted by atomic mass is 9.89. The number of hydrogen-bond acceptors (Lipinski definition) is 2. The average molecular weight is 361 g/mol. The molecule has 0 saturated heterocycles. The molecule has 0 bridgehead atoms. The fourth-order valence-electron chi connectivity index (χ4n) is 2.12. The van der Waals surface area contributed by atoms with Gasteiger partial charge in [-0.2, -0.15) is 13.2 Å². The number of methoxy groups -OCH3 is 1. The number of carbonyl (C=O) groups excluding carboxylic acids is 1. The molecule has 1 aromatic carbocycles. The molecule has 0 spiro atoms. The van der Waals surface area contributed by atoms with E-state index in [4.69, 9.17) is 4.74 Å². The number of ether oxygens (including phenoxy) is 1. The van der Waals surface area contributed by atoms with Crippen LogP contribution in [0.15, 0.2) is 48.1 Å². The third-order valence-corrected chi connectivity index (χ3v) is 4.34. The minimum absolute atomic E-state index is 0.315. The van der Waals surface area contributed by atoms with E-state index in [0.717, 1.165) is 12.1 Å². The molecule has 0 amide bonds. The summed E-state index contributed by atoms with van der Waals surface area (Å²) < 4.78 is 42.4. The van der Waals surface area contributed by atoms with Crippen LogP contribution in [0, 0.1) is 0 Å². The van der Waals surface area contributed by atoms with Gasteiger partial charge < -0.3 is 4.74 Å². The largest absolute Gasteiger partial charge is 0.416 e. The number of alkyl halides is 4. The van der Waals surface area contributed by atoms with Crippen LogP contribution in [0.3, 0.4) is 0 Å². The number of benzene rings is 1. The summed E-state index contributed by atoms with van der Waals surface area (Å²) in [6.45, 7) is 0. The Morgan fingerprint density at radius 2 is 2.10 bits per heavy atom. The first-order valence-electron chi connectivity index (χ1n) is 6.08. The molecule has 6 heteroatoms. The van der Waals surface area contributed by atoms with Gasteiger partial charge in [0.05, 0.1) is 5.56 Å². The van der Waals surface area contributed by atoms with Crippen molar-refractivity contribution in [1.29, 1.82) is 0 Å². The van der Waals surface area contributed by atoms with E-state index in [-0.39, 0.29) is 0 Å². The molecule has 1 aliphatic rings. The molecule has 2 unspecified atom stereocenters. The highest BCUT2D eigenvalue weighted by Gasteiger charge is 2.33. The van der Waals surface area contributed by atoms with Crippen LogP contribution in [0.5, 0.6) is 0 Å². The summed E-state index contributed by atoms with van der Waals surface area (Å²) in [5.74, 6) is -0.409. The van der Waals surface area contributed by atoms with Crippen molar-refractivity contribution >= 4 is 22.2 Å². The summed E-state index contributed by atoms with van der Waals surface area (Å²) in [6, 6.07) is 5.05. The van der Waals surface area contributed by atoms with Crippen molar-refractivity contribution in [2.24, 2.45) is 0 Å². The molecule has 0 radical (unpaired) electrons. The molecule has 0 aromatic heterocycles. The lowest BCUT2D eigenvalue weighted by Gasteiger charge is -2.28. The van der Waals surface area contributed by atoms with Gasteiger partial charge in [0.15, 0.2) is 4.51 Å². The molecule has 2 nitrogen and oxygen atoms in total. The van der Waals surface area contributed by atoms with Gasteiger partial charge in [0, 0.05) is 18.6 Å². The van der Waals surface area contributed by atoms with Crippen molar-refractivity contribution in [2.45, 2.75) is 16.6 Å². The van der Waals surface area contributed by atoms with Gasteiger partial charge in [0.2, 0.25) is 0 Å². The summed E-state index contributed by atoms with van der Waals surface area (Å²) in [5, 5.41) is 0. The van der Waals surface area contributed by atoms with Crippen LogP contribution in [0.4, 0.5) is 13.2 Å². The van der Waals surface area contributed by atoms with Gasteiger partial charge in [-0.05, 0) is 33.6 Å². The Morgan fingerprint density at radius 3 is 2.67 bits per heavy atom. The van der Waals surface area contributed by atoms with Crippen molar-refractivity contribution in [3.63, 3.8) is 0 Å². The van der Waals surface area contributed by atoms with E-state index in [1.165, 1.54) is 13.2 Å². The first-order valence-corrected chi connectivity index (χ1v) is 6.87. The van der Waals surface area contributed by atoms with Gasteiger partial charge in [0.25, 0.3) is 0 Å². The SMILES string of the molecule is COC1(Br)C=CC(c2cccc(C(F)(F)F)c2)C=C1C=O. The molecule has 1 aromatic rings. The molecular formula is C15H12BrF3O2. The maximum atomic E-state index is 12.7. The zero-order valence-electron chi connectivity index (χ0n) is 11.0. The zero-order valence-corrected chi connectivity index (χ0v) is 12.6. The Morgan fingerprint density at radius 1 is 1.38 bits per heavy atom. The van der Waals surface area contributed by atoms with Crippen LogP contribution in [0.25, 0.3) is 0 Å². The van der Waals surface area contributed by atoms with Gasteiger partial charge in [0.1, 0.15) is 6.29 Å². The van der Waals surface area contributed by atoms with E-state index >= 15 is 0 Å². The molecule has 0 N–H and O–H groups in total. The molecule has 1 aliphatic carbocycles. The third kappa shape index (κ3) is 3.27. The van der Waals surface area contributed by atoms with E-state index in [1.807, 2.05) is 0 Å². The number of allylic oxidation sites excluding steroid dienone is 2. The lowest BCUT2D eigenvalue weighted by Crippen LogP contribution is -2.27. The van der Waals surface area contributed by atoms with Gasteiger partial charge in [-0.25, -0.2) is 0 Å². The normalized spacial score (nSPS) is 25.6. The van der Waals surface area contributed by atoms with Gasteiger partial charge in [-0.1, -0.05) is 30.4 Å². The number of hydrogen-bond donors (Lipinski definition) is 0. The van der Waals surface area contributed by atoms with Gasteiger partial charge in [-0.3, -0.25) is 4.79 Å². The third-order valence-electron chi connectivity index (χ3n) is 3.29. The molecule has 112 valence electrons. The van der Waals surface area contributed by atoms with Crippen LogP contribution >= 0.6 is 15.9 Å². The van der Waals surface area contributed by atoms with Crippen molar-refractivity contribution in [3.8, 4) is 0 Å². The van der Waals surface area contributed by atoms with E-state index < -0.39 is 22.2 Å². The molecule has 0 saturated carbocycles. The van der Waals surface area contributed by atoms with E-state index in [1.54, 1.807) is 24.3 Å². The van der Waals surface area contributed by atoms with E-state index in [0.29, 0.717) is 17.4 Å². The van der Waals surface area contributed by atoms with E-state index in [9.17, 15) is 18.0 Å². The fraction of sp³-hybridized carbons (Fsp3) is 0.267. The highest BCUT2D eigenvalue weighted by atomic mass is 79.9. The summed E-state index contributed by atoms with van der Waals surface area (Å²) >= 11 is 3.28. The zero-order chi connectivity index (χ0) is 15.7. The maximum Gasteiger partial charge on any atom is 0.416 e. The van der Waals surface area contributed by atoms with Crippen molar-refractivity contribution in [2.75, 3.05) is 7.11 Å².